The van der Waals surface area contributed by atoms with E-state index in [1.165, 1.54) is 0 Å². The molecule has 0 saturated carbocycles. The zero-order valence-corrected chi connectivity index (χ0v) is 21.2. The average Bonchev–Trinajstić information content (AvgIpc) is 2.68. The van der Waals surface area contributed by atoms with Gasteiger partial charge < -0.3 is 4.52 Å². The van der Waals surface area contributed by atoms with Crippen LogP contribution in [-0.2, 0) is 24.0 Å². The molecule has 0 aliphatic rings. The van der Waals surface area contributed by atoms with Gasteiger partial charge >= 0.3 is 5.97 Å². The number of benzene rings is 2. The molecule has 144 valence electrons. The predicted molar refractivity (Wildman–Crippen MR) is 116 cm³/mol. The fraction of sp³-hybridized carbons (Fsp3) is 0.522. The second-order valence-electron chi connectivity index (χ2n) is 7.20. The number of hydrogen-bond acceptors (Lipinski definition) is 2. The van der Waals surface area contributed by atoms with Crippen LogP contribution in [0.1, 0.15) is 69.7 Å². The molecule has 2 aromatic rings. The van der Waals surface area contributed by atoms with Gasteiger partial charge in [0.25, 0.3) is 0 Å². The Bertz CT molecular complexity index is 675. The maximum Gasteiger partial charge on any atom is 0.381 e. The molecule has 4 heteroatoms. The fourth-order valence-corrected chi connectivity index (χ4v) is 7.51. The van der Waals surface area contributed by atoms with E-state index in [0.29, 0.717) is 0 Å². The number of unbranched alkanes of at least 4 members (excludes halogenated alkanes) is 3. The maximum atomic E-state index is 13.2. The van der Waals surface area contributed by atoms with Gasteiger partial charge in [-0.25, -0.2) is 4.79 Å². The van der Waals surface area contributed by atoms with Crippen molar-refractivity contribution in [2.24, 2.45) is 0 Å². The summed E-state index contributed by atoms with van der Waals surface area (Å²) in [6.07, 6.45) is 10.2. The zero-order valence-electron chi connectivity index (χ0n) is 17.4. The first-order valence-corrected chi connectivity index (χ1v) is 12.5. The fourth-order valence-electron chi connectivity index (χ4n) is 3.44. The SMILES string of the molecule is CCCC[P+](CCCC)(CCCC)OC(=O)c1cccc2ccccc12.[Zn]. The van der Waals surface area contributed by atoms with Crippen LogP contribution in [0, 0.1) is 0 Å². The Hall–Kier alpha value is -0.777. The molecule has 0 aliphatic heterocycles. The standard InChI is InChI=1S/C23H34O2P.Zn/c1-4-7-17-26(18-8-5-2,19-9-6-3)25-23(24)22-16-12-14-20-13-10-11-15-21(20)22;/h10-16H,4-9,17-19H2,1-3H3;/q+1;. The monoisotopic (exact) mass is 437 g/mol. The Labute approximate surface area is 178 Å². The molecule has 27 heavy (non-hydrogen) atoms. The van der Waals surface area contributed by atoms with Gasteiger partial charge in [-0.05, 0) is 36.1 Å². The van der Waals surface area contributed by atoms with Crippen LogP contribution >= 0.6 is 7.49 Å². The van der Waals surface area contributed by atoms with Crippen molar-refractivity contribution in [1.82, 2.24) is 0 Å². The van der Waals surface area contributed by atoms with Crippen molar-refractivity contribution in [2.45, 2.75) is 59.3 Å². The minimum Gasteiger partial charge on any atom is -0.308 e. The average molecular weight is 439 g/mol. The second-order valence-corrected chi connectivity index (χ2v) is 10.8. The molecule has 0 bridgehead atoms. The summed E-state index contributed by atoms with van der Waals surface area (Å²) >= 11 is 0. The molecule has 0 N–H and O–H groups in total. The Kier molecular flexibility index (Phi) is 11.4. The third-order valence-corrected chi connectivity index (χ3v) is 8.99. The van der Waals surface area contributed by atoms with Crippen LogP contribution in [0.3, 0.4) is 0 Å². The Morgan fingerprint density at radius 2 is 1.33 bits per heavy atom. The van der Waals surface area contributed by atoms with Crippen molar-refractivity contribution in [2.75, 3.05) is 18.5 Å². The summed E-state index contributed by atoms with van der Waals surface area (Å²) in [5.41, 5.74) is 0.719. The molecule has 0 heterocycles. The summed E-state index contributed by atoms with van der Waals surface area (Å²) in [5, 5.41) is 2.10. The minimum absolute atomic E-state index is 0. The first kappa shape index (κ1) is 24.3. The van der Waals surface area contributed by atoms with Crippen molar-refractivity contribution >= 4 is 24.2 Å². The minimum atomic E-state index is -1.69. The van der Waals surface area contributed by atoms with E-state index in [4.69, 9.17) is 4.52 Å². The Morgan fingerprint density at radius 1 is 0.815 bits per heavy atom. The van der Waals surface area contributed by atoms with Gasteiger partial charge in [-0.1, -0.05) is 76.4 Å². The predicted octanol–water partition coefficient (Wildman–Crippen LogP) is 7.33. The van der Waals surface area contributed by atoms with E-state index >= 15 is 0 Å². The quantitative estimate of drug-likeness (QED) is 0.271. The first-order valence-electron chi connectivity index (χ1n) is 10.2. The molecule has 2 aromatic carbocycles. The van der Waals surface area contributed by atoms with E-state index in [-0.39, 0.29) is 25.4 Å². The summed E-state index contributed by atoms with van der Waals surface area (Å²) in [6, 6.07) is 14.0. The number of carbonyl (C=O) groups is 1. The van der Waals surface area contributed by atoms with Crippen LogP contribution in [-0.4, -0.2) is 24.5 Å². The van der Waals surface area contributed by atoms with E-state index in [9.17, 15) is 4.79 Å². The molecule has 0 fully saturated rings. The van der Waals surface area contributed by atoms with Crippen molar-refractivity contribution in [3.8, 4) is 0 Å². The molecule has 0 aliphatic carbocycles. The normalized spacial score (nSPS) is 11.2. The largest absolute Gasteiger partial charge is 0.381 e. The molecule has 2 rings (SSSR count). The van der Waals surface area contributed by atoms with Gasteiger partial charge in [0.05, 0.1) is 24.0 Å². The summed E-state index contributed by atoms with van der Waals surface area (Å²) in [6.45, 7) is 6.67. The van der Waals surface area contributed by atoms with Gasteiger partial charge in [-0.3, -0.25) is 0 Å². The number of carbonyl (C=O) groups excluding carboxylic acids is 1. The Morgan fingerprint density at radius 3 is 1.89 bits per heavy atom. The van der Waals surface area contributed by atoms with Crippen molar-refractivity contribution in [1.29, 1.82) is 0 Å². The van der Waals surface area contributed by atoms with E-state index < -0.39 is 7.49 Å². The van der Waals surface area contributed by atoms with Crippen LogP contribution in [0.2, 0.25) is 0 Å². The van der Waals surface area contributed by atoms with Crippen LogP contribution in [0.25, 0.3) is 10.8 Å². The van der Waals surface area contributed by atoms with Crippen LogP contribution in [0.15, 0.2) is 42.5 Å². The van der Waals surface area contributed by atoms with Crippen molar-refractivity contribution in [3.05, 3.63) is 48.0 Å². The smallest absolute Gasteiger partial charge is 0.308 e. The van der Waals surface area contributed by atoms with Gasteiger partial charge in [0.2, 0.25) is 0 Å². The molecule has 0 aromatic heterocycles. The molecular formula is C23H34O2PZn+. The molecule has 0 amide bonds. The Balaban J connectivity index is 0.00000364. The molecule has 0 atom stereocenters. The zero-order chi connectivity index (χ0) is 18.8. The van der Waals surface area contributed by atoms with E-state index in [0.717, 1.165) is 73.3 Å². The summed E-state index contributed by atoms with van der Waals surface area (Å²) in [5.74, 6) is -0.113. The maximum absolute atomic E-state index is 13.2. The van der Waals surface area contributed by atoms with Crippen molar-refractivity contribution < 1.29 is 28.8 Å². The second kappa shape index (κ2) is 12.6. The molecule has 0 spiro atoms. The molecule has 2 nitrogen and oxygen atoms in total. The van der Waals surface area contributed by atoms with Crippen molar-refractivity contribution in [3.63, 3.8) is 0 Å². The van der Waals surface area contributed by atoms with Crippen LogP contribution in [0.5, 0.6) is 0 Å². The molecule has 0 unspecified atom stereocenters. The van der Waals surface area contributed by atoms with Crippen LogP contribution < -0.4 is 0 Å². The van der Waals surface area contributed by atoms with E-state index in [1.807, 2.05) is 30.3 Å². The first-order chi connectivity index (χ1) is 12.7. The number of rotatable bonds is 11. The third-order valence-electron chi connectivity index (χ3n) is 5.04. The van der Waals surface area contributed by atoms with Gasteiger partial charge in [0.15, 0.2) is 7.49 Å². The summed E-state index contributed by atoms with van der Waals surface area (Å²) in [4.78, 5) is 13.2. The van der Waals surface area contributed by atoms with E-state index in [1.54, 1.807) is 0 Å². The van der Waals surface area contributed by atoms with Crippen LogP contribution in [0.4, 0.5) is 0 Å². The molecule has 0 radical (unpaired) electrons. The number of fused-ring (bicyclic) bond motifs is 1. The summed E-state index contributed by atoms with van der Waals surface area (Å²) < 4.78 is 6.41. The third kappa shape index (κ3) is 6.96. The van der Waals surface area contributed by atoms with Gasteiger partial charge in [-0.15, -0.1) is 0 Å². The molecule has 0 saturated heterocycles. The molecular weight excluding hydrogens is 405 g/mol. The number of hydrogen-bond donors (Lipinski definition) is 0. The topological polar surface area (TPSA) is 26.3 Å². The van der Waals surface area contributed by atoms with Gasteiger partial charge in [0, 0.05) is 19.5 Å². The van der Waals surface area contributed by atoms with Gasteiger partial charge in [0.1, 0.15) is 0 Å². The van der Waals surface area contributed by atoms with E-state index in [2.05, 4.69) is 32.9 Å². The van der Waals surface area contributed by atoms with Gasteiger partial charge in [-0.2, -0.15) is 0 Å². The summed E-state index contributed by atoms with van der Waals surface area (Å²) in [7, 11) is -1.69.